The molecule has 0 bridgehead atoms. The first-order chi connectivity index (χ1) is 18.2. The van der Waals surface area contributed by atoms with E-state index in [1.807, 2.05) is 12.1 Å². The zero-order valence-electron chi connectivity index (χ0n) is 20.9. The van der Waals surface area contributed by atoms with Gasteiger partial charge < -0.3 is 19.2 Å². The lowest BCUT2D eigenvalue weighted by Gasteiger charge is -2.25. The Bertz CT molecular complexity index is 1420. The maximum atomic E-state index is 13.4. The molecule has 198 valence electrons. The summed E-state index contributed by atoms with van der Waals surface area (Å²) >= 11 is 0. The third kappa shape index (κ3) is 5.26. The molecular weight excluding hydrogens is 495 g/mol. The summed E-state index contributed by atoms with van der Waals surface area (Å²) in [6.07, 6.45) is -1.54. The summed E-state index contributed by atoms with van der Waals surface area (Å²) in [5.41, 5.74) is 3.22. The predicted octanol–water partition coefficient (Wildman–Crippen LogP) is 4.82. The van der Waals surface area contributed by atoms with E-state index in [4.69, 9.17) is 0 Å². The second kappa shape index (κ2) is 9.50. The molecule has 2 atom stereocenters. The first-order valence-electron chi connectivity index (χ1n) is 12.6. The molecule has 1 aliphatic heterocycles. The number of para-hydroxylation sites is 1. The van der Waals surface area contributed by atoms with Gasteiger partial charge in [0.25, 0.3) is 5.91 Å². The van der Waals surface area contributed by atoms with Gasteiger partial charge in [-0.05, 0) is 53.0 Å². The minimum Gasteiger partial charge on any atom is -0.406 e. The largest absolute Gasteiger partial charge is 0.573 e. The number of likely N-dealkylation sites (tertiary alicyclic amines) is 1. The molecule has 1 aliphatic carbocycles. The Morgan fingerprint density at radius 1 is 1.13 bits per heavy atom. The van der Waals surface area contributed by atoms with Crippen molar-refractivity contribution in [3.05, 3.63) is 84.1 Å². The van der Waals surface area contributed by atoms with Gasteiger partial charge in [-0.2, -0.15) is 0 Å². The van der Waals surface area contributed by atoms with Crippen molar-refractivity contribution < 1.29 is 22.7 Å². The lowest BCUT2D eigenvalue weighted by Crippen LogP contribution is -2.35. The van der Waals surface area contributed by atoms with Crippen LogP contribution in [0, 0.1) is 17.8 Å². The Balaban J connectivity index is 1.12. The summed E-state index contributed by atoms with van der Waals surface area (Å²) in [5.74, 6) is 0.830. The molecule has 2 fully saturated rings. The number of fused-ring (bicyclic) bond motifs is 2. The van der Waals surface area contributed by atoms with Gasteiger partial charge in [0.2, 0.25) is 0 Å². The molecule has 2 aliphatic rings. The fourth-order valence-corrected chi connectivity index (χ4v) is 5.82. The number of benzene rings is 2. The van der Waals surface area contributed by atoms with E-state index in [0.717, 1.165) is 25.2 Å². The summed E-state index contributed by atoms with van der Waals surface area (Å²) in [6.45, 7) is 3.50. The molecular formula is C28H28F3N5O2. The standard InChI is InChI=1S/C28H28F3N5O2/c1-34-16-26(32-17-34)27(37)36(11-18-5-4-7-21(9-18)38-28(29,30)31)15-24-22-13-35(14-23(22)24)12-20-10-19-6-2-3-8-25(19)33-20/h2-10,16-17,22-24,33H,11-15H2,1H3. The van der Waals surface area contributed by atoms with Crippen LogP contribution in [0.5, 0.6) is 5.75 Å². The molecule has 1 saturated heterocycles. The topological polar surface area (TPSA) is 66.4 Å². The Hall–Kier alpha value is -3.79. The maximum absolute atomic E-state index is 13.4. The van der Waals surface area contributed by atoms with Gasteiger partial charge in [-0.25, -0.2) is 4.98 Å². The van der Waals surface area contributed by atoms with Crippen molar-refractivity contribution in [1.29, 1.82) is 0 Å². The number of nitrogens with zero attached hydrogens (tertiary/aromatic N) is 4. The van der Waals surface area contributed by atoms with E-state index in [0.29, 0.717) is 35.6 Å². The molecule has 38 heavy (non-hydrogen) atoms. The van der Waals surface area contributed by atoms with E-state index >= 15 is 0 Å². The average Bonchev–Trinajstić information content (AvgIpc) is 3.29. The van der Waals surface area contributed by atoms with E-state index in [1.54, 1.807) is 35.1 Å². The molecule has 2 unspecified atom stereocenters. The van der Waals surface area contributed by atoms with Crippen LogP contribution in [0.2, 0.25) is 0 Å². The summed E-state index contributed by atoms with van der Waals surface area (Å²) in [5, 5.41) is 1.21. The lowest BCUT2D eigenvalue weighted by molar-refractivity contribution is -0.274. The van der Waals surface area contributed by atoms with Crippen LogP contribution < -0.4 is 4.74 Å². The van der Waals surface area contributed by atoms with Crippen LogP contribution >= 0.6 is 0 Å². The van der Waals surface area contributed by atoms with Crippen LogP contribution in [0.1, 0.15) is 21.7 Å². The number of carbonyl (C=O) groups is 1. The fourth-order valence-electron chi connectivity index (χ4n) is 5.82. The van der Waals surface area contributed by atoms with Crippen molar-refractivity contribution in [2.75, 3.05) is 19.6 Å². The summed E-state index contributed by atoms with van der Waals surface area (Å²) in [6, 6.07) is 16.2. The van der Waals surface area contributed by atoms with Crippen molar-refractivity contribution in [2.45, 2.75) is 19.5 Å². The minimum atomic E-state index is -4.77. The number of rotatable bonds is 8. The number of H-pyrrole nitrogens is 1. The maximum Gasteiger partial charge on any atom is 0.573 e. The first kappa shape index (κ1) is 24.5. The number of hydrogen-bond donors (Lipinski definition) is 1. The van der Waals surface area contributed by atoms with E-state index in [9.17, 15) is 18.0 Å². The summed E-state index contributed by atoms with van der Waals surface area (Å²) in [7, 11) is 1.79. The monoisotopic (exact) mass is 523 g/mol. The van der Waals surface area contributed by atoms with Gasteiger partial charge in [0, 0.05) is 57.2 Å². The van der Waals surface area contributed by atoms with Gasteiger partial charge >= 0.3 is 6.36 Å². The number of piperidine rings is 1. The number of ether oxygens (including phenoxy) is 1. The summed E-state index contributed by atoms with van der Waals surface area (Å²) < 4.78 is 43.9. The highest BCUT2D eigenvalue weighted by Crippen LogP contribution is 2.52. The molecule has 7 nitrogen and oxygen atoms in total. The van der Waals surface area contributed by atoms with Gasteiger partial charge in [-0.3, -0.25) is 9.69 Å². The Labute approximate surface area is 217 Å². The van der Waals surface area contributed by atoms with Gasteiger partial charge in [0.1, 0.15) is 11.4 Å². The van der Waals surface area contributed by atoms with Crippen LogP contribution in [-0.4, -0.2) is 56.2 Å². The number of aromatic amines is 1. The minimum absolute atomic E-state index is 0.180. The van der Waals surface area contributed by atoms with Gasteiger partial charge in [0.05, 0.1) is 6.33 Å². The van der Waals surface area contributed by atoms with E-state index < -0.39 is 6.36 Å². The highest BCUT2D eigenvalue weighted by Gasteiger charge is 2.56. The van der Waals surface area contributed by atoms with Crippen molar-refractivity contribution in [1.82, 2.24) is 24.3 Å². The van der Waals surface area contributed by atoms with Crippen LogP contribution in [0.4, 0.5) is 13.2 Å². The van der Waals surface area contributed by atoms with E-state index in [-0.39, 0.29) is 18.2 Å². The van der Waals surface area contributed by atoms with Crippen LogP contribution in [-0.2, 0) is 20.1 Å². The van der Waals surface area contributed by atoms with Crippen LogP contribution in [0.3, 0.4) is 0 Å². The van der Waals surface area contributed by atoms with Crippen molar-refractivity contribution >= 4 is 16.8 Å². The smallest absolute Gasteiger partial charge is 0.406 e. The molecule has 10 heteroatoms. The molecule has 2 aromatic heterocycles. The van der Waals surface area contributed by atoms with Crippen LogP contribution in [0.25, 0.3) is 10.9 Å². The Kier molecular flexibility index (Phi) is 6.14. The van der Waals surface area contributed by atoms with E-state index in [1.165, 1.54) is 29.3 Å². The molecule has 1 N–H and O–H groups in total. The highest BCUT2D eigenvalue weighted by molar-refractivity contribution is 5.92. The SMILES string of the molecule is Cn1cnc(C(=O)N(Cc2cccc(OC(F)(F)F)c2)CC2C3CN(Cc4cc5ccccc5[nH]4)CC32)c1. The van der Waals surface area contributed by atoms with Crippen LogP contribution in [0.15, 0.2) is 67.1 Å². The number of aromatic nitrogens is 3. The number of aryl methyl sites for hydroxylation is 1. The van der Waals surface area contributed by atoms with Gasteiger partial charge in [0.15, 0.2) is 0 Å². The van der Waals surface area contributed by atoms with Gasteiger partial charge in [-0.1, -0.05) is 30.3 Å². The molecule has 0 radical (unpaired) electrons. The number of amides is 1. The molecule has 1 amide bonds. The van der Waals surface area contributed by atoms with Crippen molar-refractivity contribution in [2.24, 2.45) is 24.8 Å². The Morgan fingerprint density at radius 2 is 1.92 bits per heavy atom. The molecule has 0 spiro atoms. The second-order valence-electron chi connectivity index (χ2n) is 10.4. The number of alkyl halides is 3. The number of carbonyl (C=O) groups excluding carboxylic acids is 1. The average molecular weight is 524 g/mol. The molecule has 1 saturated carbocycles. The van der Waals surface area contributed by atoms with Crippen molar-refractivity contribution in [3.63, 3.8) is 0 Å². The quantitative estimate of drug-likeness (QED) is 0.360. The normalized spacial score (nSPS) is 21.0. The number of hydrogen-bond acceptors (Lipinski definition) is 4. The predicted molar refractivity (Wildman–Crippen MR) is 135 cm³/mol. The zero-order valence-corrected chi connectivity index (χ0v) is 20.9. The highest BCUT2D eigenvalue weighted by atomic mass is 19.4. The molecule has 3 heterocycles. The van der Waals surface area contributed by atoms with Crippen molar-refractivity contribution in [3.8, 4) is 5.75 Å². The molecule has 6 rings (SSSR count). The van der Waals surface area contributed by atoms with Gasteiger partial charge in [-0.15, -0.1) is 13.2 Å². The fraction of sp³-hybridized carbons (Fsp3) is 0.357. The third-order valence-electron chi connectivity index (χ3n) is 7.57. The molecule has 2 aromatic carbocycles. The number of imidazole rings is 1. The Morgan fingerprint density at radius 3 is 2.63 bits per heavy atom. The first-order valence-corrected chi connectivity index (χ1v) is 12.6. The number of nitrogens with one attached hydrogen (secondary N) is 1. The summed E-state index contributed by atoms with van der Waals surface area (Å²) in [4.78, 5) is 25.2. The number of halogens is 3. The second-order valence-corrected chi connectivity index (χ2v) is 10.4. The third-order valence-corrected chi connectivity index (χ3v) is 7.57. The zero-order chi connectivity index (χ0) is 26.4. The van der Waals surface area contributed by atoms with E-state index in [2.05, 4.69) is 37.8 Å². The molecule has 4 aromatic rings. The lowest BCUT2D eigenvalue weighted by atomic mass is 10.1.